The van der Waals surface area contributed by atoms with Gasteiger partial charge in [-0.2, -0.15) is 0 Å². The van der Waals surface area contributed by atoms with Gasteiger partial charge in [0.25, 0.3) is 0 Å². The van der Waals surface area contributed by atoms with Crippen LogP contribution in [-0.4, -0.2) is 25.5 Å². The zero-order valence-corrected chi connectivity index (χ0v) is 11.6. The van der Waals surface area contributed by atoms with Gasteiger partial charge in [0, 0.05) is 31.0 Å². The highest BCUT2D eigenvalue weighted by atomic mass is 16.1. The molecule has 1 amide bonds. The molecule has 0 aromatic heterocycles. The number of nitrogens with zero attached hydrogens (tertiary/aromatic N) is 1. The van der Waals surface area contributed by atoms with Crippen LogP contribution in [0.5, 0.6) is 0 Å². The standard InChI is InChI=1S/C15H23N3O/c1-2-9-17-15(19)12-4-3-10-18(11-12)14-7-5-13(16)6-8-14/h5-8,12H,2-4,9-11,16H2,1H3,(H,17,19). The highest BCUT2D eigenvalue weighted by Gasteiger charge is 2.25. The summed E-state index contributed by atoms with van der Waals surface area (Å²) in [7, 11) is 0. The Morgan fingerprint density at radius 3 is 2.84 bits per heavy atom. The van der Waals surface area contributed by atoms with Gasteiger partial charge >= 0.3 is 0 Å². The fraction of sp³-hybridized carbons (Fsp3) is 0.533. The highest BCUT2D eigenvalue weighted by molar-refractivity contribution is 5.79. The second-order valence-corrected chi connectivity index (χ2v) is 5.17. The minimum Gasteiger partial charge on any atom is -0.399 e. The number of nitrogen functional groups attached to an aromatic ring is 1. The molecule has 2 rings (SSSR count). The minimum absolute atomic E-state index is 0.109. The Bertz CT molecular complexity index is 416. The Morgan fingerprint density at radius 1 is 1.42 bits per heavy atom. The first-order valence-electron chi connectivity index (χ1n) is 7.09. The van der Waals surface area contributed by atoms with Crippen molar-refractivity contribution in [1.29, 1.82) is 0 Å². The number of carbonyl (C=O) groups excluding carboxylic acids is 1. The van der Waals surface area contributed by atoms with Crippen LogP contribution in [0.25, 0.3) is 0 Å². The third kappa shape index (κ3) is 3.63. The van der Waals surface area contributed by atoms with Crippen molar-refractivity contribution in [3.8, 4) is 0 Å². The fourth-order valence-electron chi connectivity index (χ4n) is 2.50. The van der Waals surface area contributed by atoms with Crippen LogP contribution in [0.3, 0.4) is 0 Å². The van der Waals surface area contributed by atoms with Crippen molar-refractivity contribution in [3.63, 3.8) is 0 Å². The molecule has 4 nitrogen and oxygen atoms in total. The summed E-state index contributed by atoms with van der Waals surface area (Å²) < 4.78 is 0. The van der Waals surface area contributed by atoms with E-state index >= 15 is 0 Å². The van der Waals surface area contributed by atoms with Crippen molar-refractivity contribution in [1.82, 2.24) is 5.32 Å². The Morgan fingerprint density at radius 2 is 2.16 bits per heavy atom. The van der Waals surface area contributed by atoms with E-state index in [1.165, 1.54) is 0 Å². The molecule has 0 bridgehead atoms. The Labute approximate surface area is 115 Å². The molecule has 1 aliphatic rings. The van der Waals surface area contributed by atoms with Gasteiger partial charge in [-0.05, 0) is 43.5 Å². The molecule has 1 fully saturated rings. The predicted octanol–water partition coefficient (Wildman–Crippen LogP) is 2.01. The third-order valence-electron chi connectivity index (χ3n) is 3.60. The van der Waals surface area contributed by atoms with Crippen LogP contribution in [0, 0.1) is 5.92 Å². The summed E-state index contributed by atoms with van der Waals surface area (Å²) >= 11 is 0. The van der Waals surface area contributed by atoms with Crippen LogP contribution in [0.15, 0.2) is 24.3 Å². The second-order valence-electron chi connectivity index (χ2n) is 5.17. The Kier molecular flexibility index (Phi) is 4.66. The molecule has 1 aromatic rings. The van der Waals surface area contributed by atoms with Crippen LogP contribution in [0.2, 0.25) is 0 Å². The first-order valence-corrected chi connectivity index (χ1v) is 7.09. The molecule has 1 heterocycles. The van der Waals surface area contributed by atoms with Gasteiger partial charge in [0.2, 0.25) is 5.91 Å². The maximum atomic E-state index is 12.0. The van der Waals surface area contributed by atoms with Crippen molar-refractivity contribution in [2.24, 2.45) is 5.92 Å². The number of amides is 1. The molecule has 0 saturated carbocycles. The van der Waals surface area contributed by atoms with Gasteiger partial charge in [-0.25, -0.2) is 0 Å². The van der Waals surface area contributed by atoms with Gasteiger partial charge in [-0.3, -0.25) is 4.79 Å². The average Bonchev–Trinajstić information content (AvgIpc) is 2.45. The van der Waals surface area contributed by atoms with E-state index in [2.05, 4.69) is 17.1 Å². The molecule has 19 heavy (non-hydrogen) atoms. The molecule has 3 N–H and O–H groups in total. The summed E-state index contributed by atoms with van der Waals surface area (Å²) in [5, 5.41) is 3.00. The summed E-state index contributed by atoms with van der Waals surface area (Å²) in [4.78, 5) is 14.3. The molecular formula is C15H23N3O. The highest BCUT2D eigenvalue weighted by Crippen LogP contribution is 2.24. The SMILES string of the molecule is CCCNC(=O)C1CCCN(c2ccc(N)cc2)C1. The zero-order chi connectivity index (χ0) is 13.7. The predicted molar refractivity (Wildman–Crippen MR) is 79.1 cm³/mol. The van der Waals surface area contributed by atoms with E-state index < -0.39 is 0 Å². The van der Waals surface area contributed by atoms with Crippen LogP contribution in [0.4, 0.5) is 11.4 Å². The van der Waals surface area contributed by atoms with Crippen molar-refractivity contribution in [2.45, 2.75) is 26.2 Å². The Hall–Kier alpha value is -1.71. The van der Waals surface area contributed by atoms with Gasteiger partial charge in [0.15, 0.2) is 0 Å². The van der Waals surface area contributed by atoms with E-state index in [4.69, 9.17) is 5.73 Å². The molecule has 104 valence electrons. The number of hydrogen-bond acceptors (Lipinski definition) is 3. The first kappa shape index (κ1) is 13.7. The average molecular weight is 261 g/mol. The minimum atomic E-state index is 0.109. The monoisotopic (exact) mass is 261 g/mol. The first-order chi connectivity index (χ1) is 9.20. The quantitative estimate of drug-likeness (QED) is 0.815. The molecule has 1 saturated heterocycles. The lowest BCUT2D eigenvalue weighted by Crippen LogP contribution is -2.43. The van der Waals surface area contributed by atoms with E-state index in [1.807, 2.05) is 24.3 Å². The molecule has 1 atom stereocenters. The molecule has 1 aliphatic heterocycles. The van der Waals surface area contributed by atoms with E-state index in [-0.39, 0.29) is 11.8 Å². The number of anilines is 2. The number of carbonyl (C=O) groups is 1. The summed E-state index contributed by atoms with van der Waals surface area (Å²) in [6.07, 6.45) is 3.04. The third-order valence-corrected chi connectivity index (χ3v) is 3.60. The van der Waals surface area contributed by atoms with Crippen LogP contribution in [-0.2, 0) is 4.79 Å². The lowest BCUT2D eigenvalue weighted by atomic mass is 9.96. The smallest absolute Gasteiger partial charge is 0.224 e. The molecular weight excluding hydrogens is 238 g/mol. The van der Waals surface area contributed by atoms with E-state index in [1.54, 1.807) is 0 Å². The summed E-state index contributed by atoms with van der Waals surface area (Å²) in [5.74, 6) is 0.305. The topological polar surface area (TPSA) is 58.4 Å². The van der Waals surface area contributed by atoms with Gasteiger partial charge < -0.3 is 16.0 Å². The van der Waals surface area contributed by atoms with Crippen LogP contribution < -0.4 is 16.0 Å². The normalized spacial score (nSPS) is 19.2. The van der Waals surface area contributed by atoms with Gasteiger partial charge in [-0.1, -0.05) is 6.92 Å². The second kappa shape index (κ2) is 6.45. The Balaban J connectivity index is 1.96. The van der Waals surface area contributed by atoms with Gasteiger partial charge in [0.05, 0.1) is 5.92 Å². The van der Waals surface area contributed by atoms with Gasteiger partial charge in [0.1, 0.15) is 0 Å². The van der Waals surface area contributed by atoms with Crippen molar-refractivity contribution in [3.05, 3.63) is 24.3 Å². The molecule has 4 heteroatoms. The lowest BCUT2D eigenvalue weighted by molar-refractivity contribution is -0.125. The maximum Gasteiger partial charge on any atom is 0.224 e. The van der Waals surface area contributed by atoms with E-state index in [0.29, 0.717) is 0 Å². The number of benzene rings is 1. The molecule has 1 unspecified atom stereocenters. The van der Waals surface area contributed by atoms with Crippen LogP contribution in [0.1, 0.15) is 26.2 Å². The number of hydrogen-bond donors (Lipinski definition) is 2. The van der Waals surface area contributed by atoms with E-state index in [9.17, 15) is 4.79 Å². The number of piperidine rings is 1. The molecule has 1 aromatic carbocycles. The lowest BCUT2D eigenvalue weighted by Gasteiger charge is -2.33. The number of nitrogens with two attached hydrogens (primary N) is 1. The van der Waals surface area contributed by atoms with E-state index in [0.717, 1.165) is 50.3 Å². The van der Waals surface area contributed by atoms with Crippen LogP contribution >= 0.6 is 0 Å². The summed E-state index contributed by atoms with van der Waals surface area (Å²) in [6.45, 7) is 4.67. The largest absolute Gasteiger partial charge is 0.399 e. The molecule has 0 spiro atoms. The molecule has 0 radical (unpaired) electrons. The fourth-order valence-corrected chi connectivity index (χ4v) is 2.50. The summed E-state index contributed by atoms with van der Waals surface area (Å²) in [6, 6.07) is 7.88. The van der Waals surface area contributed by atoms with Gasteiger partial charge in [-0.15, -0.1) is 0 Å². The molecule has 0 aliphatic carbocycles. The van der Waals surface area contributed by atoms with Crippen molar-refractivity contribution >= 4 is 17.3 Å². The van der Waals surface area contributed by atoms with Crippen molar-refractivity contribution < 1.29 is 4.79 Å². The number of nitrogens with one attached hydrogen (secondary N) is 1. The zero-order valence-electron chi connectivity index (χ0n) is 11.6. The van der Waals surface area contributed by atoms with Crippen molar-refractivity contribution in [2.75, 3.05) is 30.3 Å². The maximum absolute atomic E-state index is 12.0. The summed E-state index contributed by atoms with van der Waals surface area (Å²) in [5.41, 5.74) is 7.63. The number of rotatable bonds is 4.